The number of nitrogens with zero attached hydrogens (tertiary/aromatic N) is 3. The minimum absolute atomic E-state index is 0.234. The zero-order chi connectivity index (χ0) is 32.4. The van der Waals surface area contributed by atoms with Crippen molar-refractivity contribution in [2.45, 2.75) is 69.9 Å². The Hall–Kier alpha value is -3.95. The van der Waals surface area contributed by atoms with Gasteiger partial charge in [0.15, 0.2) is 0 Å². The van der Waals surface area contributed by atoms with Crippen LogP contribution in [0.3, 0.4) is 0 Å². The number of benzene rings is 2. The van der Waals surface area contributed by atoms with Crippen LogP contribution in [-0.2, 0) is 25.7 Å². The van der Waals surface area contributed by atoms with E-state index >= 15 is 0 Å². The first-order valence-corrected chi connectivity index (χ1v) is 15.9. The molecule has 3 amide bonds. The lowest BCUT2D eigenvalue weighted by molar-refractivity contribution is -0.155. The van der Waals surface area contributed by atoms with E-state index in [4.69, 9.17) is 9.47 Å². The summed E-state index contributed by atoms with van der Waals surface area (Å²) >= 11 is 0. The van der Waals surface area contributed by atoms with Crippen molar-refractivity contribution >= 4 is 23.4 Å². The second-order valence-corrected chi connectivity index (χ2v) is 12.4. The molecule has 5 rings (SSSR count). The molecule has 3 aliphatic heterocycles. The highest BCUT2D eigenvalue weighted by atomic mass is 16.5. The van der Waals surface area contributed by atoms with Crippen LogP contribution in [0.2, 0.25) is 0 Å². The maximum Gasteiger partial charge on any atom is 0.249 e. The summed E-state index contributed by atoms with van der Waals surface area (Å²) in [6.45, 7) is 14.5. The molecule has 0 radical (unpaired) electrons. The molecule has 3 fully saturated rings. The number of aliphatic hydroxyl groups is 1. The van der Waals surface area contributed by atoms with Crippen molar-refractivity contribution in [2.24, 2.45) is 11.8 Å². The van der Waals surface area contributed by atoms with Gasteiger partial charge in [-0.1, -0.05) is 49.4 Å². The van der Waals surface area contributed by atoms with Crippen molar-refractivity contribution in [3.05, 3.63) is 85.5 Å². The molecule has 240 valence electrons. The van der Waals surface area contributed by atoms with Crippen molar-refractivity contribution in [1.29, 1.82) is 0 Å². The maximum atomic E-state index is 14.7. The van der Waals surface area contributed by atoms with Gasteiger partial charge in [-0.3, -0.25) is 14.4 Å². The second-order valence-electron chi connectivity index (χ2n) is 12.4. The van der Waals surface area contributed by atoms with E-state index in [9.17, 15) is 19.5 Å². The van der Waals surface area contributed by atoms with Gasteiger partial charge in [0.25, 0.3) is 0 Å². The molecular formula is C36H45N3O6. The lowest BCUT2D eigenvalue weighted by Crippen LogP contribution is -2.58. The summed E-state index contributed by atoms with van der Waals surface area (Å²) in [5, 5.41) is 10.4. The molecule has 2 unspecified atom stereocenters. The van der Waals surface area contributed by atoms with Gasteiger partial charge in [0.2, 0.25) is 17.7 Å². The number of amides is 3. The molecule has 9 nitrogen and oxygen atoms in total. The number of hydrogen-bond donors (Lipinski definition) is 1. The number of rotatable bonds is 14. The van der Waals surface area contributed by atoms with Crippen molar-refractivity contribution in [3.8, 4) is 5.75 Å². The third-order valence-electron chi connectivity index (χ3n) is 9.70. The summed E-state index contributed by atoms with van der Waals surface area (Å²) in [6.07, 6.45) is 4.75. The molecule has 3 aliphatic rings. The van der Waals surface area contributed by atoms with Crippen LogP contribution in [0.15, 0.2) is 79.9 Å². The van der Waals surface area contributed by atoms with Crippen LogP contribution in [0.5, 0.6) is 5.75 Å². The molecule has 1 N–H and O–H groups in total. The lowest BCUT2D eigenvalue weighted by Gasteiger charge is -2.39. The van der Waals surface area contributed by atoms with E-state index < -0.39 is 35.1 Å². The van der Waals surface area contributed by atoms with Gasteiger partial charge < -0.3 is 29.3 Å². The Labute approximate surface area is 266 Å². The number of hydrogen-bond acceptors (Lipinski definition) is 6. The predicted octanol–water partition coefficient (Wildman–Crippen LogP) is 4.35. The number of ether oxygens (including phenoxy) is 2. The minimum atomic E-state index is -1.21. The molecule has 9 heteroatoms. The van der Waals surface area contributed by atoms with Crippen LogP contribution in [0, 0.1) is 11.8 Å². The zero-order valence-electron chi connectivity index (χ0n) is 26.6. The van der Waals surface area contributed by atoms with Crippen molar-refractivity contribution in [3.63, 3.8) is 0 Å². The fourth-order valence-electron chi connectivity index (χ4n) is 7.70. The molecule has 2 aromatic carbocycles. The van der Waals surface area contributed by atoms with Gasteiger partial charge in [-0.15, -0.1) is 13.2 Å². The Balaban J connectivity index is 1.56. The molecule has 0 aliphatic carbocycles. The summed E-state index contributed by atoms with van der Waals surface area (Å²) < 4.78 is 12.5. The third kappa shape index (κ3) is 5.57. The van der Waals surface area contributed by atoms with Gasteiger partial charge in [-0.25, -0.2) is 0 Å². The van der Waals surface area contributed by atoms with Crippen LogP contribution in [0.1, 0.15) is 45.6 Å². The average molecular weight is 616 g/mol. The largest absolute Gasteiger partial charge is 0.494 e. The molecule has 1 spiro atoms. The molecule has 3 saturated heterocycles. The Morgan fingerprint density at radius 3 is 2.36 bits per heavy atom. The Morgan fingerprint density at radius 1 is 1.07 bits per heavy atom. The smallest absolute Gasteiger partial charge is 0.249 e. The Kier molecular flexibility index (Phi) is 9.51. The normalized spacial score (nSPS) is 27.2. The molecule has 0 aromatic heterocycles. The Morgan fingerprint density at radius 2 is 1.76 bits per heavy atom. The fraction of sp³-hybridized carbons (Fsp3) is 0.472. The summed E-state index contributed by atoms with van der Waals surface area (Å²) in [7, 11) is 0. The number of aliphatic hydroxyl groups excluding tert-OH is 1. The van der Waals surface area contributed by atoms with Gasteiger partial charge in [0.1, 0.15) is 17.4 Å². The van der Waals surface area contributed by atoms with Gasteiger partial charge in [0.05, 0.1) is 36.7 Å². The van der Waals surface area contributed by atoms with E-state index in [1.54, 1.807) is 22.0 Å². The maximum absolute atomic E-state index is 14.7. The van der Waals surface area contributed by atoms with E-state index in [-0.39, 0.29) is 37.4 Å². The minimum Gasteiger partial charge on any atom is -0.494 e. The van der Waals surface area contributed by atoms with E-state index in [0.717, 1.165) is 5.56 Å². The monoisotopic (exact) mass is 615 g/mol. The summed E-state index contributed by atoms with van der Waals surface area (Å²) in [5.41, 5.74) is -0.559. The van der Waals surface area contributed by atoms with Gasteiger partial charge >= 0.3 is 0 Å². The van der Waals surface area contributed by atoms with Crippen LogP contribution in [0.4, 0.5) is 5.69 Å². The highest BCUT2D eigenvalue weighted by molar-refractivity contribution is 6.03. The van der Waals surface area contributed by atoms with E-state index in [2.05, 4.69) is 13.2 Å². The number of carbonyl (C=O) groups excluding carboxylic acids is 3. The molecule has 0 saturated carbocycles. The van der Waals surface area contributed by atoms with Crippen molar-refractivity contribution < 1.29 is 29.0 Å². The number of fused-ring (bicyclic) bond motifs is 1. The SMILES string of the molecule is C=CCN(Cc1ccccc1)C(=O)C1N([C@@H](CC)CO)C(=O)[C@@H]2[C@H](C(=O)N(CC=C)c3ccc(OCC)cc3)[C@]3(C)CCC12O3. The topological polar surface area (TPSA) is 99.6 Å². The first-order chi connectivity index (χ1) is 21.7. The molecule has 6 atom stereocenters. The summed E-state index contributed by atoms with van der Waals surface area (Å²) in [6, 6.07) is 15.3. The molecule has 45 heavy (non-hydrogen) atoms. The zero-order valence-corrected chi connectivity index (χ0v) is 26.6. The standard InChI is InChI=1S/C36H45N3O6/c1-6-21-37(23-25-13-11-10-12-14-25)34(43)31-36-20-19-35(5,45-36)29(30(36)33(42)39(31)26(8-3)24-40)32(41)38(22-7-2)27-15-17-28(18-16-27)44-9-4/h6-7,10-18,26,29-31,40H,1-2,8-9,19-24H2,3-5H3/t26-,29+,30-,31?,35-,36?/m0/s1. The third-order valence-corrected chi connectivity index (χ3v) is 9.70. The van der Waals surface area contributed by atoms with Crippen LogP contribution < -0.4 is 9.64 Å². The average Bonchev–Trinajstić information content (AvgIpc) is 3.61. The fourth-order valence-corrected chi connectivity index (χ4v) is 7.70. The number of carbonyl (C=O) groups is 3. The van der Waals surface area contributed by atoms with Gasteiger partial charge in [0, 0.05) is 25.3 Å². The highest BCUT2D eigenvalue weighted by Gasteiger charge is 2.78. The highest BCUT2D eigenvalue weighted by Crippen LogP contribution is 2.64. The van der Waals surface area contributed by atoms with Crippen LogP contribution >= 0.6 is 0 Å². The lowest BCUT2D eigenvalue weighted by atomic mass is 9.66. The molecule has 2 aromatic rings. The quantitative estimate of drug-likeness (QED) is 0.317. The van der Waals surface area contributed by atoms with E-state index in [1.807, 2.05) is 75.4 Å². The van der Waals surface area contributed by atoms with E-state index in [1.165, 1.54) is 4.90 Å². The number of likely N-dealkylation sites (tertiary alicyclic amines) is 1. The first kappa shape index (κ1) is 32.4. The Bertz CT molecular complexity index is 1410. The first-order valence-electron chi connectivity index (χ1n) is 15.9. The molecule has 3 heterocycles. The van der Waals surface area contributed by atoms with Crippen molar-refractivity contribution in [1.82, 2.24) is 9.80 Å². The molecule has 2 bridgehead atoms. The van der Waals surface area contributed by atoms with Crippen molar-refractivity contribution in [2.75, 3.05) is 31.2 Å². The number of anilines is 1. The molecular weight excluding hydrogens is 570 g/mol. The van der Waals surface area contributed by atoms with Gasteiger partial charge in [-0.05, 0) is 62.9 Å². The van der Waals surface area contributed by atoms with Crippen LogP contribution in [-0.4, -0.2) is 82.2 Å². The second kappa shape index (κ2) is 13.2. The van der Waals surface area contributed by atoms with E-state index in [0.29, 0.717) is 43.9 Å². The van der Waals surface area contributed by atoms with Gasteiger partial charge in [-0.2, -0.15) is 0 Å². The predicted molar refractivity (Wildman–Crippen MR) is 172 cm³/mol. The summed E-state index contributed by atoms with van der Waals surface area (Å²) in [5.74, 6) is -1.86. The summed E-state index contributed by atoms with van der Waals surface area (Å²) in [4.78, 5) is 48.8. The van der Waals surface area contributed by atoms with Crippen LogP contribution in [0.25, 0.3) is 0 Å².